The predicted molar refractivity (Wildman–Crippen MR) is 74.9 cm³/mol. The first-order valence-corrected chi connectivity index (χ1v) is 6.53. The van der Waals surface area contributed by atoms with Gasteiger partial charge in [0.15, 0.2) is 10.3 Å². The summed E-state index contributed by atoms with van der Waals surface area (Å²) in [5.74, 6) is 1.10. The number of thioether (sulfide) groups is 1. The average Bonchev–Trinajstić information content (AvgIpc) is 2.63. The maximum atomic E-state index is 9.65. The van der Waals surface area contributed by atoms with Crippen LogP contribution in [0.1, 0.15) is 12.5 Å². The van der Waals surface area contributed by atoms with Crippen molar-refractivity contribution >= 4 is 39.8 Å². The third-order valence-corrected chi connectivity index (χ3v) is 3.13. The molecule has 1 aromatic carbocycles. The summed E-state index contributed by atoms with van der Waals surface area (Å²) < 4.78 is 0. The van der Waals surface area contributed by atoms with Crippen molar-refractivity contribution in [3.63, 3.8) is 0 Å². The highest BCUT2D eigenvalue weighted by Gasteiger charge is 2.14. The number of benzene rings is 1. The Kier molecular flexibility index (Phi) is 3.86. The molecular formula is C12H11ClN2OS. The van der Waals surface area contributed by atoms with Gasteiger partial charge in [0, 0.05) is 5.56 Å². The normalized spacial score (nSPS) is 17.2. The van der Waals surface area contributed by atoms with E-state index >= 15 is 0 Å². The van der Waals surface area contributed by atoms with Crippen LogP contribution in [0, 0.1) is 0 Å². The zero-order chi connectivity index (χ0) is 12.3. The lowest BCUT2D eigenvalue weighted by Crippen LogP contribution is -1.85. The summed E-state index contributed by atoms with van der Waals surface area (Å²) in [6.07, 6.45) is 1.73. The summed E-state index contributed by atoms with van der Waals surface area (Å²) in [5.41, 5.74) is 1.27. The molecule has 0 amide bonds. The second-order valence-corrected chi connectivity index (χ2v) is 4.91. The monoisotopic (exact) mass is 266 g/mol. The zero-order valence-corrected chi connectivity index (χ0v) is 10.8. The van der Waals surface area contributed by atoms with E-state index in [1.165, 1.54) is 11.8 Å². The van der Waals surface area contributed by atoms with Gasteiger partial charge in [0.2, 0.25) is 0 Å². The first kappa shape index (κ1) is 12.2. The van der Waals surface area contributed by atoms with Gasteiger partial charge in [0.05, 0.1) is 0 Å². The predicted octanol–water partition coefficient (Wildman–Crippen LogP) is 3.49. The molecule has 0 aromatic heterocycles. The highest BCUT2D eigenvalue weighted by Crippen LogP contribution is 2.25. The van der Waals surface area contributed by atoms with Crippen LogP contribution in [0.4, 0.5) is 0 Å². The fourth-order valence-corrected chi connectivity index (χ4v) is 2.16. The van der Waals surface area contributed by atoms with Gasteiger partial charge >= 0.3 is 0 Å². The fraction of sp³-hybridized carbons (Fsp3) is 0.167. The summed E-state index contributed by atoms with van der Waals surface area (Å²) >= 11 is 7.52. The van der Waals surface area contributed by atoms with Crippen molar-refractivity contribution in [1.82, 2.24) is 0 Å². The standard InChI is InChI=1S/C12H11ClN2OS/c1-2-17-12-14-9(11(13)15-12)7-8-5-3-4-6-10(8)16/h3-7,16H,2H2,1H3/b9-7+. The molecule has 1 aliphatic heterocycles. The third-order valence-electron chi connectivity index (χ3n) is 2.12. The molecule has 3 nitrogen and oxygen atoms in total. The maximum absolute atomic E-state index is 9.65. The molecule has 0 bridgehead atoms. The Bertz CT molecular complexity index is 523. The number of allylic oxidation sites excluding steroid dienone is 1. The molecule has 1 N–H and O–H groups in total. The molecule has 88 valence electrons. The number of para-hydroxylation sites is 1. The summed E-state index contributed by atoms with van der Waals surface area (Å²) in [4.78, 5) is 8.42. The lowest BCUT2D eigenvalue weighted by molar-refractivity contribution is 0.474. The number of halogens is 1. The van der Waals surface area contributed by atoms with Gasteiger partial charge in [0.25, 0.3) is 0 Å². The molecule has 2 rings (SSSR count). The Labute approximate surface area is 109 Å². The number of aromatic hydroxyl groups is 1. The van der Waals surface area contributed by atoms with Crippen molar-refractivity contribution in [2.45, 2.75) is 6.92 Å². The molecule has 1 aromatic rings. The van der Waals surface area contributed by atoms with Gasteiger partial charge in [-0.25, -0.2) is 9.98 Å². The van der Waals surface area contributed by atoms with Gasteiger partial charge < -0.3 is 5.11 Å². The topological polar surface area (TPSA) is 45.0 Å². The van der Waals surface area contributed by atoms with Crippen LogP contribution < -0.4 is 0 Å². The molecule has 1 heterocycles. The summed E-state index contributed by atoms with van der Waals surface area (Å²) in [7, 11) is 0. The van der Waals surface area contributed by atoms with Gasteiger partial charge in [-0.05, 0) is 17.9 Å². The number of phenolic OH excluding ortho intramolecular Hbond substituents is 1. The first-order valence-electron chi connectivity index (χ1n) is 5.16. The van der Waals surface area contributed by atoms with Gasteiger partial charge in [-0.15, -0.1) is 0 Å². The van der Waals surface area contributed by atoms with Gasteiger partial charge in [0.1, 0.15) is 11.4 Å². The van der Waals surface area contributed by atoms with E-state index in [2.05, 4.69) is 9.98 Å². The minimum Gasteiger partial charge on any atom is -0.507 e. The Morgan fingerprint density at radius 1 is 1.35 bits per heavy atom. The Morgan fingerprint density at radius 2 is 2.12 bits per heavy atom. The van der Waals surface area contributed by atoms with Crippen LogP contribution in [0.25, 0.3) is 6.08 Å². The molecule has 17 heavy (non-hydrogen) atoms. The van der Waals surface area contributed by atoms with E-state index in [1.54, 1.807) is 24.3 Å². The molecule has 0 unspecified atom stereocenters. The van der Waals surface area contributed by atoms with Crippen molar-refractivity contribution in [3.05, 3.63) is 35.5 Å². The largest absolute Gasteiger partial charge is 0.507 e. The minimum atomic E-state index is 0.205. The zero-order valence-electron chi connectivity index (χ0n) is 9.22. The summed E-state index contributed by atoms with van der Waals surface area (Å²) in [6, 6.07) is 7.03. The molecule has 0 saturated carbocycles. The number of aliphatic imine (C=N–C) groups is 2. The van der Waals surface area contributed by atoms with Gasteiger partial charge in [-0.1, -0.05) is 48.5 Å². The van der Waals surface area contributed by atoms with E-state index < -0.39 is 0 Å². The fourth-order valence-electron chi connectivity index (χ4n) is 1.36. The number of amidine groups is 1. The average molecular weight is 267 g/mol. The number of phenols is 1. The summed E-state index contributed by atoms with van der Waals surface area (Å²) in [5, 5.41) is 10.7. The van der Waals surface area contributed by atoms with Crippen molar-refractivity contribution in [3.8, 4) is 5.75 Å². The number of rotatable bonds is 2. The second-order valence-electron chi connectivity index (χ2n) is 3.32. The minimum absolute atomic E-state index is 0.205. The SMILES string of the molecule is CCSC1=N/C(=C/c2ccccc2O)C(Cl)=N1. The first-order chi connectivity index (χ1) is 8.20. The van der Waals surface area contributed by atoms with Crippen LogP contribution in [0.15, 0.2) is 39.9 Å². The van der Waals surface area contributed by atoms with Gasteiger partial charge in [-0.2, -0.15) is 0 Å². The van der Waals surface area contributed by atoms with Crippen LogP contribution in [0.2, 0.25) is 0 Å². The number of hydrogen-bond donors (Lipinski definition) is 1. The van der Waals surface area contributed by atoms with E-state index in [0.29, 0.717) is 21.6 Å². The quantitative estimate of drug-likeness (QED) is 0.891. The highest BCUT2D eigenvalue weighted by atomic mass is 35.5. The number of nitrogens with zero attached hydrogens (tertiary/aromatic N) is 2. The molecule has 0 fully saturated rings. The van der Waals surface area contributed by atoms with Crippen LogP contribution in [0.5, 0.6) is 5.75 Å². The highest BCUT2D eigenvalue weighted by molar-refractivity contribution is 8.13. The molecule has 0 aliphatic carbocycles. The van der Waals surface area contributed by atoms with E-state index in [9.17, 15) is 5.11 Å². The Balaban J connectivity index is 2.30. The molecular weight excluding hydrogens is 256 g/mol. The molecule has 5 heteroatoms. The van der Waals surface area contributed by atoms with Crippen LogP contribution in [-0.2, 0) is 0 Å². The molecule has 0 saturated heterocycles. The van der Waals surface area contributed by atoms with Crippen LogP contribution >= 0.6 is 23.4 Å². The smallest absolute Gasteiger partial charge is 0.189 e. The molecule has 0 radical (unpaired) electrons. The van der Waals surface area contributed by atoms with E-state index in [4.69, 9.17) is 11.6 Å². The van der Waals surface area contributed by atoms with Crippen LogP contribution in [0.3, 0.4) is 0 Å². The molecule has 0 spiro atoms. The maximum Gasteiger partial charge on any atom is 0.189 e. The summed E-state index contributed by atoms with van der Waals surface area (Å²) in [6.45, 7) is 2.03. The van der Waals surface area contributed by atoms with Crippen LogP contribution in [-0.4, -0.2) is 21.2 Å². The van der Waals surface area contributed by atoms with E-state index in [0.717, 1.165) is 5.75 Å². The lowest BCUT2D eigenvalue weighted by atomic mass is 10.2. The van der Waals surface area contributed by atoms with E-state index in [-0.39, 0.29) is 5.75 Å². The number of hydrogen-bond acceptors (Lipinski definition) is 4. The molecule has 0 atom stereocenters. The Hall–Kier alpha value is -1.26. The molecule has 1 aliphatic rings. The van der Waals surface area contributed by atoms with Crippen molar-refractivity contribution in [2.24, 2.45) is 9.98 Å². The van der Waals surface area contributed by atoms with Crippen molar-refractivity contribution in [1.29, 1.82) is 0 Å². The Morgan fingerprint density at radius 3 is 2.82 bits per heavy atom. The van der Waals surface area contributed by atoms with E-state index in [1.807, 2.05) is 13.0 Å². The van der Waals surface area contributed by atoms with Crippen molar-refractivity contribution < 1.29 is 5.11 Å². The third kappa shape index (κ3) is 2.90. The lowest BCUT2D eigenvalue weighted by Gasteiger charge is -1.98. The van der Waals surface area contributed by atoms with Gasteiger partial charge in [-0.3, -0.25) is 0 Å². The van der Waals surface area contributed by atoms with Crippen molar-refractivity contribution in [2.75, 3.05) is 5.75 Å². The second kappa shape index (κ2) is 5.38.